The molecule has 0 bridgehead atoms. The molecule has 1 aliphatic rings. The molecule has 1 atom stereocenters. The first kappa shape index (κ1) is 18.0. The highest BCUT2D eigenvalue weighted by atomic mass is 32.2. The van der Waals surface area contributed by atoms with Gasteiger partial charge in [-0.15, -0.1) is 10.2 Å². The first-order chi connectivity index (χ1) is 12.1. The third-order valence-corrected chi connectivity index (χ3v) is 5.85. The van der Waals surface area contributed by atoms with Crippen molar-refractivity contribution in [2.45, 2.75) is 69.4 Å². The predicted octanol–water partition coefficient (Wildman–Crippen LogP) is 3.81. The van der Waals surface area contributed by atoms with Crippen LogP contribution in [-0.4, -0.2) is 32.0 Å². The van der Waals surface area contributed by atoms with Gasteiger partial charge in [0.15, 0.2) is 11.0 Å². The lowest BCUT2D eigenvalue weighted by molar-refractivity contribution is -0.120. The Balaban J connectivity index is 1.74. The van der Waals surface area contributed by atoms with Crippen LogP contribution in [0.15, 0.2) is 29.4 Å². The molecule has 1 aromatic carbocycles. The Morgan fingerprint density at radius 3 is 2.72 bits per heavy atom. The minimum absolute atomic E-state index is 0.0972. The number of carbonyl (C=O) groups excluding carboxylic acids is 1. The van der Waals surface area contributed by atoms with E-state index >= 15 is 0 Å². The summed E-state index contributed by atoms with van der Waals surface area (Å²) in [7, 11) is 0. The van der Waals surface area contributed by atoms with Crippen molar-refractivity contribution in [2.75, 3.05) is 0 Å². The van der Waals surface area contributed by atoms with Gasteiger partial charge in [0, 0.05) is 18.2 Å². The van der Waals surface area contributed by atoms with Gasteiger partial charge in [0.2, 0.25) is 5.91 Å². The first-order valence-corrected chi connectivity index (χ1v) is 9.94. The number of benzene rings is 1. The van der Waals surface area contributed by atoms with E-state index in [-0.39, 0.29) is 11.2 Å². The molecule has 5 nitrogen and oxygen atoms in total. The number of amides is 1. The maximum absolute atomic E-state index is 12.4. The maximum atomic E-state index is 12.4. The molecule has 1 N–H and O–H groups in total. The van der Waals surface area contributed by atoms with Crippen LogP contribution in [0.25, 0.3) is 11.4 Å². The number of nitrogens with zero attached hydrogens (tertiary/aromatic N) is 3. The van der Waals surface area contributed by atoms with Gasteiger partial charge in [-0.1, -0.05) is 48.9 Å². The Kier molecular flexibility index (Phi) is 5.78. The average Bonchev–Trinajstić information content (AvgIpc) is 3.24. The van der Waals surface area contributed by atoms with Crippen LogP contribution in [0.5, 0.6) is 0 Å². The summed E-state index contributed by atoms with van der Waals surface area (Å²) >= 11 is 1.48. The van der Waals surface area contributed by atoms with Crippen molar-refractivity contribution in [3.63, 3.8) is 0 Å². The van der Waals surface area contributed by atoms with Crippen molar-refractivity contribution >= 4 is 17.7 Å². The third kappa shape index (κ3) is 4.06. The van der Waals surface area contributed by atoms with Crippen LogP contribution in [0.3, 0.4) is 0 Å². The average molecular weight is 359 g/mol. The SMILES string of the molecule is CCn1c(S[C@H](C)C(=O)NC2CCCC2)nnc1-c1ccccc1C. The molecule has 1 fully saturated rings. The molecule has 25 heavy (non-hydrogen) atoms. The zero-order chi connectivity index (χ0) is 17.8. The van der Waals surface area contributed by atoms with Crippen LogP contribution in [0.4, 0.5) is 0 Å². The minimum Gasteiger partial charge on any atom is -0.352 e. The van der Waals surface area contributed by atoms with Crippen LogP contribution in [0.2, 0.25) is 0 Å². The molecule has 1 aliphatic carbocycles. The van der Waals surface area contributed by atoms with Crippen molar-refractivity contribution in [2.24, 2.45) is 0 Å². The molecule has 0 spiro atoms. The summed E-state index contributed by atoms with van der Waals surface area (Å²) in [4.78, 5) is 12.4. The molecule has 0 radical (unpaired) electrons. The quantitative estimate of drug-likeness (QED) is 0.798. The van der Waals surface area contributed by atoms with Gasteiger partial charge in [-0.25, -0.2) is 0 Å². The van der Waals surface area contributed by atoms with Crippen LogP contribution < -0.4 is 5.32 Å². The summed E-state index contributed by atoms with van der Waals surface area (Å²) in [5, 5.41) is 12.5. The largest absolute Gasteiger partial charge is 0.352 e. The van der Waals surface area contributed by atoms with Crippen LogP contribution >= 0.6 is 11.8 Å². The summed E-state index contributed by atoms with van der Waals surface area (Å²) in [6.45, 7) is 6.87. The van der Waals surface area contributed by atoms with Gasteiger partial charge in [0.05, 0.1) is 5.25 Å². The third-order valence-electron chi connectivity index (χ3n) is 4.77. The Bertz CT molecular complexity index is 737. The standard InChI is InChI=1S/C19H26N4OS/c1-4-23-17(16-12-8-5-9-13(16)2)21-22-19(23)25-14(3)18(24)20-15-10-6-7-11-15/h5,8-9,12,14-15H,4,6-7,10-11H2,1-3H3,(H,20,24)/t14-/m1/s1. The van der Waals surface area contributed by atoms with Crippen molar-refractivity contribution in [1.82, 2.24) is 20.1 Å². The van der Waals surface area contributed by atoms with Crippen LogP contribution in [0.1, 0.15) is 45.1 Å². The van der Waals surface area contributed by atoms with E-state index in [1.165, 1.54) is 30.2 Å². The number of rotatable bonds is 6. The number of hydrogen-bond donors (Lipinski definition) is 1. The molecule has 1 saturated carbocycles. The molecule has 134 valence electrons. The monoisotopic (exact) mass is 358 g/mol. The summed E-state index contributed by atoms with van der Waals surface area (Å²) in [5.74, 6) is 0.964. The number of nitrogens with one attached hydrogen (secondary N) is 1. The molecule has 1 amide bonds. The minimum atomic E-state index is -0.181. The summed E-state index contributed by atoms with van der Waals surface area (Å²) in [6, 6.07) is 8.53. The van der Waals surface area contributed by atoms with Crippen molar-refractivity contribution in [3.8, 4) is 11.4 Å². The van der Waals surface area contributed by atoms with Crippen LogP contribution in [0, 0.1) is 6.92 Å². The van der Waals surface area contributed by atoms with Gasteiger partial charge in [-0.3, -0.25) is 4.79 Å². The normalized spacial score (nSPS) is 16.1. The Hall–Kier alpha value is -1.82. The van der Waals surface area contributed by atoms with Gasteiger partial charge in [-0.2, -0.15) is 0 Å². The molecule has 0 saturated heterocycles. The van der Waals surface area contributed by atoms with Gasteiger partial charge >= 0.3 is 0 Å². The maximum Gasteiger partial charge on any atom is 0.233 e. The van der Waals surface area contributed by atoms with E-state index < -0.39 is 0 Å². The number of thioether (sulfide) groups is 1. The second kappa shape index (κ2) is 8.04. The summed E-state index contributed by atoms with van der Waals surface area (Å²) < 4.78 is 2.09. The van der Waals surface area contributed by atoms with E-state index in [1.54, 1.807) is 0 Å². The number of aryl methyl sites for hydroxylation is 1. The lowest BCUT2D eigenvalue weighted by Crippen LogP contribution is -2.37. The highest BCUT2D eigenvalue weighted by Gasteiger charge is 2.24. The fourth-order valence-corrected chi connectivity index (χ4v) is 4.21. The lowest BCUT2D eigenvalue weighted by atomic mass is 10.1. The molecular formula is C19H26N4OS. The fourth-order valence-electron chi connectivity index (χ4n) is 3.28. The second-order valence-electron chi connectivity index (χ2n) is 6.62. The van der Waals surface area contributed by atoms with Crippen molar-refractivity contribution in [1.29, 1.82) is 0 Å². The van der Waals surface area contributed by atoms with Crippen LogP contribution in [-0.2, 0) is 11.3 Å². The van der Waals surface area contributed by atoms with E-state index in [1.807, 2.05) is 19.1 Å². The second-order valence-corrected chi connectivity index (χ2v) is 7.92. The van der Waals surface area contributed by atoms with Crippen molar-refractivity contribution < 1.29 is 4.79 Å². The topological polar surface area (TPSA) is 59.8 Å². The highest BCUT2D eigenvalue weighted by Crippen LogP contribution is 2.28. The zero-order valence-electron chi connectivity index (χ0n) is 15.2. The van der Waals surface area contributed by atoms with E-state index in [9.17, 15) is 4.79 Å². The highest BCUT2D eigenvalue weighted by molar-refractivity contribution is 8.00. The predicted molar refractivity (Wildman–Crippen MR) is 102 cm³/mol. The Morgan fingerprint density at radius 2 is 2.04 bits per heavy atom. The lowest BCUT2D eigenvalue weighted by Gasteiger charge is -2.16. The van der Waals surface area contributed by atoms with Gasteiger partial charge < -0.3 is 9.88 Å². The van der Waals surface area contributed by atoms with E-state index in [0.717, 1.165) is 35.9 Å². The smallest absolute Gasteiger partial charge is 0.233 e. The first-order valence-electron chi connectivity index (χ1n) is 9.06. The molecule has 0 aliphatic heterocycles. The molecule has 0 unspecified atom stereocenters. The Morgan fingerprint density at radius 1 is 1.32 bits per heavy atom. The zero-order valence-corrected chi connectivity index (χ0v) is 16.0. The number of aromatic nitrogens is 3. The molecule has 3 rings (SSSR count). The number of hydrogen-bond acceptors (Lipinski definition) is 4. The number of carbonyl (C=O) groups is 1. The van der Waals surface area contributed by atoms with Crippen molar-refractivity contribution in [3.05, 3.63) is 29.8 Å². The summed E-state index contributed by atoms with van der Waals surface area (Å²) in [6.07, 6.45) is 4.64. The molecule has 1 heterocycles. The fraction of sp³-hybridized carbons (Fsp3) is 0.526. The Labute approximate surface area is 153 Å². The van der Waals surface area contributed by atoms with E-state index in [4.69, 9.17) is 0 Å². The molecular weight excluding hydrogens is 332 g/mol. The molecule has 2 aromatic rings. The molecule has 1 aromatic heterocycles. The van der Waals surface area contributed by atoms with Gasteiger partial charge in [0.1, 0.15) is 0 Å². The van der Waals surface area contributed by atoms with Gasteiger partial charge in [0.25, 0.3) is 0 Å². The van der Waals surface area contributed by atoms with E-state index in [0.29, 0.717) is 6.04 Å². The van der Waals surface area contributed by atoms with Gasteiger partial charge in [-0.05, 0) is 39.2 Å². The molecule has 6 heteroatoms. The summed E-state index contributed by atoms with van der Waals surface area (Å²) in [5.41, 5.74) is 2.26. The van der Waals surface area contributed by atoms with E-state index in [2.05, 4.69) is 46.1 Å².